The minimum absolute atomic E-state index is 0.0360. The van der Waals surface area contributed by atoms with Gasteiger partial charge in [-0.3, -0.25) is 9.48 Å². The third-order valence-electron chi connectivity index (χ3n) is 5.47. The number of hydrogen-bond acceptors (Lipinski definition) is 5. The molecule has 1 aliphatic heterocycles. The number of nitrogens with zero attached hydrogens (tertiary/aromatic N) is 2. The van der Waals surface area contributed by atoms with Crippen molar-refractivity contribution in [3.63, 3.8) is 0 Å². The van der Waals surface area contributed by atoms with E-state index in [1.165, 1.54) is 10.7 Å². The van der Waals surface area contributed by atoms with E-state index in [0.29, 0.717) is 22.3 Å². The topological polar surface area (TPSA) is 62.6 Å². The molecular formula is C22H30BFN2O4. The van der Waals surface area contributed by atoms with Gasteiger partial charge in [-0.05, 0) is 66.9 Å². The first-order valence-electron chi connectivity index (χ1n) is 10.1. The van der Waals surface area contributed by atoms with Crippen molar-refractivity contribution >= 4 is 18.6 Å². The summed E-state index contributed by atoms with van der Waals surface area (Å²) >= 11 is 0. The number of ether oxygens (including phenoxy) is 1. The van der Waals surface area contributed by atoms with Crippen molar-refractivity contribution in [1.29, 1.82) is 0 Å². The molecule has 0 amide bonds. The second-order valence-electron chi connectivity index (χ2n) is 9.74. The quantitative estimate of drug-likeness (QED) is 0.563. The maximum absolute atomic E-state index is 15.0. The van der Waals surface area contributed by atoms with Gasteiger partial charge in [0.1, 0.15) is 18.0 Å². The molecule has 0 atom stereocenters. The Hall–Kier alpha value is -2.19. The molecule has 1 fully saturated rings. The van der Waals surface area contributed by atoms with Crippen molar-refractivity contribution < 1.29 is 23.2 Å². The summed E-state index contributed by atoms with van der Waals surface area (Å²) in [7, 11) is -0.630. The largest absolute Gasteiger partial charge is 0.494 e. The lowest BCUT2D eigenvalue weighted by Crippen LogP contribution is -2.41. The van der Waals surface area contributed by atoms with E-state index in [2.05, 4.69) is 5.10 Å². The maximum atomic E-state index is 15.0. The van der Waals surface area contributed by atoms with E-state index >= 15 is 4.39 Å². The van der Waals surface area contributed by atoms with E-state index in [1.54, 1.807) is 25.3 Å². The summed E-state index contributed by atoms with van der Waals surface area (Å²) in [5, 5.41) is 4.34. The van der Waals surface area contributed by atoms with Crippen LogP contribution in [-0.4, -0.2) is 39.7 Å². The molecule has 0 unspecified atom stereocenters. The molecule has 3 rings (SSSR count). The maximum Gasteiger partial charge on any atom is 0.494 e. The van der Waals surface area contributed by atoms with Crippen molar-refractivity contribution in [2.24, 2.45) is 0 Å². The van der Waals surface area contributed by atoms with Crippen LogP contribution >= 0.6 is 0 Å². The smallest absolute Gasteiger partial charge is 0.459 e. The van der Waals surface area contributed by atoms with Crippen molar-refractivity contribution in [3.8, 4) is 11.1 Å². The highest BCUT2D eigenvalue weighted by Gasteiger charge is 2.51. The summed E-state index contributed by atoms with van der Waals surface area (Å²) in [6.07, 6.45) is 1.66. The molecular weight excluding hydrogens is 386 g/mol. The van der Waals surface area contributed by atoms with Crippen molar-refractivity contribution in [3.05, 3.63) is 35.9 Å². The predicted molar refractivity (Wildman–Crippen MR) is 114 cm³/mol. The first-order chi connectivity index (χ1) is 13.7. The van der Waals surface area contributed by atoms with Crippen LogP contribution in [0.4, 0.5) is 4.39 Å². The number of aromatic nitrogens is 2. The van der Waals surface area contributed by atoms with Crippen molar-refractivity contribution in [2.75, 3.05) is 0 Å². The van der Waals surface area contributed by atoms with Gasteiger partial charge in [-0.1, -0.05) is 12.1 Å². The molecule has 2 aromatic rings. The Bertz CT molecular complexity index is 947. The SMILES string of the molecule is Cc1nn(CC(=O)OC(C)(C)C)cc1-c1ccc(B2OC(C)(C)C(C)(C)O2)cc1F. The van der Waals surface area contributed by atoms with Gasteiger partial charge in [0.05, 0.1) is 16.9 Å². The monoisotopic (exact) mass is 416 g/mol. The van der Waals surface area contributed by atoms with E-state index < -0.39 is 35.7 Å². The first kappa shape index (κ1) is 22.5. The zero-order valence-electron chi connectivity index (χ0n) is 19.0. The Morgan fingerprint density at radius 1 is 1.17 bits per heavy atom. The molecule has 162 valence electrons. The normalized spacial score (nSPS) is 18.0. The van der Waals surface area contributed by atoms with Crippen LogP contribution in [0.25, 0.3) is 11.1 Å². The molecule has 0 radical (unpaired) electrons. The van der Waals surface area contributed by atoms with Gasteiger partial charge in [0.2, 0.25) is 0 Å². The van der Waals surface area contributed by atoms with Gasteiger partial charge in [-0.15, -0.1) is 0 Å². The van der Waals surface area contributed by atoms with E-state index in [9.17, 15) is 4.79 Å². The van der Waals surface area contributed by atoms with E-state index in [1.807, 2.05) is 48.5 Å². The molecule has 1 saturated heterocycles. The number of rotatable bonds is 4. The highest BCUT2D eigenvalue weighted by Crippen LogP contribution is 2.36. The Morgan fingerprint density at radius 3 is 2.30 bits per heavy atom. The predicted octanol–water partition coefficient (Wildman–Crippen LogP) is 3.64. The molecule has 0 saturated carbocycles. The summed E-state index contributed by atoms with van der Waals surface area (Å²) in [5.74, 6) is -0.796. The molecule has 0 bridgehead atoms. The van der Waals surface area contributed by atoms with Crippen LogP contribution in [0.5, 0.6) is 0 Å². The molecule has 0 aliphatic carbocycles. The number of esters is 1. The molecule has 6 nitrogen and oxygen atoms in total. The Kier molecular flexibility index (Phi) is 5.62. The summed E-state index contributed by atoms with van der Waals surface area (Å²) in [6, 6.07) is 4.92. The summed E-state index contributed by atoms with van der Waals surface area (Å²) in [6.45, 7) is 15.0. The van der Waals surface area contributed by atoms with Gasteiger partial charge < -0.3 is 14.0 Å². The number of aryl methyl sites for hydroxylation is 1. The molecule has 1 aromatic carbocycles. The summed E-state index contributed by atoms with van der Waals surface area (Å²) in [5.41, 5.74) is 0.713. The van der Waals surface area contributed by atoms with Crippen molar-refractivity contribution in [1.82, 2.24) is 9.78 Å². The number of carbonyl (C=O) groups excluding carboxylic acids is 1. The third-order valence-corrected chi connectivity index (χ3v) is 5.47. The molecule has 2 heterocycles. The average molecular weight is 416 g/mol. The number of halogens is 1. The number of carbonyl (C=O) groups is 1. The van der Waals surface area contributed by atoms with E-state index in [-0.39, 0.29) is 6.54 Å². The second kappa shape index (κ2) is 7.50. The average Bonchev–Trinajstić information content (AvgIpc) is 3.01. The molecule has 8 heteroatoms. The van der Waals surface area contributed by atoms with Crippen molar-refractivity contribution in [2.45, 2.75) is 78.7 Å². The first-order valence-corrected chi connectivity index (χ1v) is 10.1. The van der Waals surface area contributed by atoms with Crippen LogP contribution < -0.4 is 5.46 Å². The van der Waals surface area contributed by atoms with Gasteiger partial charge in [-0.25, -0.2) is 4.39 Å². The summed E-state index contributed by atoms with van der Waals surface area (Å²) < 4.78 is 33.8. The fraction of sp³-hybridized carbons (Fsp3) is 0.545. The molecule has 0 spiro atoms. The number of hydrogen-bond donors (Lipinski definition) is 0. The third kappa shape index (κ3) is 4.60. The highest BCUT2D eigenvalue weighted by molar-refractivity contribution is 6.62. The van der Waals surface area contributed by atoms with E-state index in [0.717, 1.165) is 0 Å². The standard InChI is InChI=1S/C22H30BFN2O4/c1-14-17(12-26(25-14)13-19(27)28-20(2,3)4)16-10-9-15(11-18(16)24)23-29-21(5,6)22(7,8)30-23/h9-12H,13H2,1-8H3. The Labute approximate surface area is 177 Å². The van der Waals surface area contributed by atoms with Crippen LogP contribution in [0.15, 0.2) is 24.4 Å². The van der Waals surface area contributed by atoms with Gasteiger partial charge in [0.25, 0.3) is 0 Å². The second-order valence-corrected chi connectivity index (χ2v) is 9.74. The Balaban J connectivity index is 1.81. The van der Waals surface area contributed by atoms with Gasteiger partial charge in [0.15, 0.2) is 0 Å². The van der Waals surface area contributed by atoms with E-state index in [4.69, 9.17) is 14.0 Å². The fourth-order valence-corrected chi connectivity index (χ4v) is 3.24. The van der Waals surface area contributed by atoms with Crippen LogP contribution in [-0.2, 0) is 25.4 Å². The van der Waals surface area contributed by atoms with Gasteiger partial charge in [0, 0.05) is 17.3 Å². The number of benzene rings is 1. The molecule has 30 heavy (non-hydrogen) atoms. The lowest BCUT2D eigenvalue weighted by Gasteiger charge is -2.32. The van der Waals surface area contributed by atoms with Crippen LogP contribution in [0.3, 0.4) is 0 Å². The minimum atomic E-state index is -0.630. The van der Waals surface area contributed by atoms with Crippen LogP contribution in [0.2, 0.25) is 0 Å². The highest BCUT2D eigenvalue weighted by atomic mass is 19.1. The zero-order valence-corrected chi connectivity index (χ0v) is 19.0. The molecule has 1 aromatic heterocycles. The lowest BCUT2D eigenvalue weighted by molar-refractivity contribution is -0.155. The summed E-state index contributed by atoms with van der Waals surface area (Å²) in [4.78, 5) is 12.1. The van der Waals surface area contributed by atoms with Crippen LogP contribution in [0.1, 0.15) is 54.2 Å². The zero-order chi connectivity index (χ0) is 22.5. The van der Waals surface area contributed by atoms with Gasteiger partial charge in [-0.2, -0.15) is 5.10 Å². The Morgan fingerprint density at radius 2 is 1.77 bits per heavy atom. The fourth-order valence-electron chi connectivity index (χ4n) is 3.24. The molecule has 1 aliphatic rings. The van der Waals surface area contributed by atoms with Gasteiger partial charge >= 0.3 is 13.1 Å². The van der Waals surface area contributed by atoms with Crippen LogP contribution in [0, 0.1) is 12.7 Å². The lowest BCUT2D eigenvalue weighted by atomic mass is 9.78. The molecule has 0 N–H and O–H groups in total. The minimum Gasteiger partial charge on any atom is -0.459 e.